The van der Waals surface area contributed by atoms with Crippen LogP contribution in [-0.4, -0.2) is 7.11 Å². The van der Waals surface area contributed by atoms with Crippen molar-refractivity contribution < 1.29 is 13.9 Å². The smallest absolute Gasteiger partial charge is 0.131 e. The number of para-hydroxylation sites is 1. The van der Waals surface area contributed by atoms with Crippen LogP contribution in [0.1, 0.15) is 22.6 Å². The minimum Gasteiger partial charge on any atom is -0.497 e. The molecule has 3 aromatic carbocycles. The number of rotatable bonds is 3. The Morgan fingerprint density at radius 1 is 0.880 bits per heavy atom. The normalized spacial score (nSPS) is 15.8. The molecule has 124 valence electrons. The molecule has 2 nitrogen and oxygen atoms in total. The Morgan fingerprint density at radius 2 is 1.60 bits per heavy atom. The summed E-state index contributed by atoms with van der Waals surface area (Å²) in [6.45, 7) is 0. The minimum absolute atomic E-state index is 0.0163. The summed E-state index contributed by atoms with van der Waals surface area (Å²) >= 11 is 0. The molecule has 0 unspecified atom stereocenters. The van der Waals surface area contributed by atoms with Gasteiger partial charge in [0.2, 0.25) is 0 Å². The van der Waals surface area contributed by atoms with Crippen LogP contribution in [-0.2, 0) is 0 Å². The number of fused-ring (bicyclic) bond motifs is 1. The van der Waals surface area contributed by atoms with Crippen molar-refractivity contribution in [2.45, 2.75) is 5.92 Å². The van der Waals surface area contributed by atoms with Gasteiger partial charge in [0.25, 0.3) is 0 Å². The van der Waals surface area contributed by atoms with E-state index in [1.54, 1.807) is 7.11 Å². The van der Waals surface area contributed by atoms with Crippen molar-refractivity contribution >= 4 is 5.76 Å². The maximum Gasteiger partial charge on any atom is 0.131 e. The molecule has 0 N–H and O–H groups in total. The van der Waals surface area contributed by atoms with Crippen LogP contribution in [0.25, 0.3) is 5.76 Å². The molecule has 1 atom stereocenters. The molecule has 0 saturated carbocycles. The lowest BCUT2D eigenvalue weighted by atomic mass is 9.88. The molecule has 0 bridgehead atoms. The van der Waals surface area contributed by atoms with Crippen LogP contribution in [0.5, 0.6) is 11.5 Å². The van der Waals surface area contributed by atoms with Crippen molar-refractivity contribution in [3.05, 3.63) is 101 Å². The van der Waals surface area contributed by atoms with Gasteiger partial charge < -0.3 is 9.47 Å². The number of benzene rings is 3. The van der Waals surface area contributed by atoms with Crippen molar-refractivity contribution in [3.8, 4) is 11.5 Å². The molecule has 1 aliphatic heterocycles. The van der Waals surface area contributed by atoms with Crippen LogP contribution in [0, 0.1) is 5.82 Å². The van der Waals surface area contributed by atoms with E-state index >= 15 is 0 Å². The molecule has 0 amide bonds. The van der Waals surface area contributed by atoms with Gasteiger partial charge in [-0.3, -0.25) is 0 Å². The maximum absolute atomic E-state index is 13.3. The highest BCUT2D eigenvalue weighted by molar-refractivity contribution is 5.68. The lowest BCUT2D eigenvalue weighted by Crippen LogP contribution is -2.10. The number of hydrogen-bond donors (Lipinski definition) is 0. The SMILES string of the molecule is COc1ccc(C2=C[C@H](c3ccc(F)cc3)c3ccccc3O2)cc1. The lowest BCUT2D eigenvalue weighted by molar-refractivity contribution is 0.414. The first-order chi connectivity index (χ1) is 12.2. The second kappa shape index (κ2) is 6.44. The van der Waals surface area contributed by atoms with Gasteiger partial charge >= 0.3 is 0 Å². The number of halogens is 1. The molecule has 3 aromatic rings. The molecule has 1 heterocycles. The van der Waals surface area contributed by atoms with Crippen LogP contribution in [0.15, 0.2) is 78.9 Å². The minimum atomic E-state index is -0.233. The molecule has 25 heavy (non-hydrogen) atoms. The topological polar surface area (TPSA) is 18.5 Å². The summed E-state index contributed by atoms with van der Waals surface area (Å²) < 4.78 is 24.6. The molecule has 1 aliphatic rings. The highest BCUT2D eigenvalue weighted by atomic mass is 19.1. The Kier molecular flexibility index (Phi) is 3.98. The van der Waals surface area contributed by atoms with E-state index < -0.39 is 0 Å². The van der Waals surface area contributed by atoms with Crippen LogP contribution in [0.4, 0.5) is 4.39 Å². The summed E-state index contributed by atoms with van der Waals surface area (Å²) in [7, 11) is 1.65. The second-order valence-electron chi connectivity index (χ2n) is 5.93. The fraction of sp³-hybridized carbons (Fsp3) is 0.0909. The summed E-state index contributed by atoms with van der Waals surface area (Å²) in [5.41, 5.74) is 3.08. The Hall–Kier alpha value is -3.07. The van der Waals surface area contributed by atoms with E-state index in [1.807, 2.05) is 60.7 Å². The summed E-state index contributed by atoms with van der Waals surface area (Å²) in [6, 6.07) is 22.4. The Balaban J connectivity index is 1.79. The molecule has 0 saturated heterocycles. The predicted molar refractivity (Wildman–Crippen MR) is 96.3 cm³/mol. The fourth-order valence-electron chi connectivity index (χ4n) is 3.08. The van der Waals surface area contributed by atoms with Crippen molar-refractivity contribution in [2.75, 3.05) is 7.11 Å². The summed E-state index contributed by atoms with van der Waals surface area (Å²) in [4.78, 5) is 0. The van der Waals surface area contributed by atoms with Gasteiger partial charge in [-0.1, -0.05) is 30.3 Å². The third-order valence-electron chi connectivity index (χ3n) is 4.40. The van der Waals surface area contributed by atoms with Crippen molar-refractivity contribution in [2.24, 2.45) is 0 Å². The average molecular weight is 332 g/mol. The molecular formula is C22H17FO2. The van der Waals surface area contributed by atoms with E-state index in [-0.39, 0.29) is 11.7 Å². The Bertz CT molecular complexity index is 912. The first-order valence-corrected chi connectivity index (χ1v) is 8.13. The van der Waals surface area contributed by atoms with Gasteiger partial charge in [0.05, 0.1) is 7.11 Å². The maximum atomic E-state index is 13.3. The Morgan fingerprint density at radius 3 is 2.32 bits per heavy atom. The summed E-state index contributed by atoms with van der Waals surface area (Å²) in [5.74, 6) is 2.20. The first kappa shape index (κ1) is 15.5. The largest absolute Gasteiger partial charge is 0.497 e. The van der Waals surface area contributed by atoms with E-state index in [4.69, 9.17) is 9.47 Å². The van der Waals surface area contributed by atoms with Gasteiger partial charge in [-0.25, -0.2) is 4.39 Å². The molecule has 0 aliphatic carbocycles. The van der Waals surface area contributed by atoms with Crippen molar-refractivity contribution in [1.82, 2.24) is 0 Å². The van der Waals surface area contributed by atoms with Crippen molar-refractivity contribution in [3.63, 3.8) is 0 Å². The third-order valence-corrected chi connectivity index (χ3v) is 4.40. The van der Waals surface area contributed by atoms with Gasteiger partial charge in [-0.2, -0.15) is 0 Å². The number of allylic oxidation sites excluding steroid dienone is 1. The molecule has 0 spiro atoms. The number of methoxy groups -OCH3 is 1. The van der Waals surface area contributed by atoms with E-state index in [0.29, 0.717) is 0 Å². The van der Waals surface area contributed by atoms with E-state index in [2.05, 4.69) is 6.08 Å². The van der Waals surface area contributed by atoms with Crippen LogP contribution < -0.4 is 9.47 Å². The zero-order valence-corrected chi connectivity index (χ0v) is 13.8. The zero-order chi connectivity index (χ0) is 17.2. The first-order valence-electron chi connectivity index (χ1n) is 8.13. The van der Waals surface area contributed by atoms with Crippen LogP contribution in [0.2, 0.25) is 0 Å². The molecule has 0 aromatic heterocycles. The predicted octanol–water partition coefficient (Wildman–Crippen LogP) is 5.40. The van der Waals surface area contributed by atoms with Crippen molar-refractivity contribution in [1.29, 1.82) is 0 Å². The monoisotopic (exact) mass is 332 g/mol. The van der Waals surface area contributed by atoms with Gasteiger partial charge in [0, 0.05) is 17.0 Å². The highest BCUT2D eigenvalue weighted by Crippen LogP contribution is 2.40. The standard InChI is InChI=1S/C22H17FO2/c1-24-18-12-8-16(9-13-18)22-14-20(15-6-10-17(23)11-7-15)19-4-2-3-5-21(19)25-22/h2-14,20H,1H3/t20-/m1/s1. The second-order valence-corrected chi connectivity index (χ2v) is 5.93. The highest BCUT2D eigenvalue weighted by Gasteiger charge is 2.23. The molecule has 3 heteroatoms. The number of hydrogen-bond acceptors (Lipinski definition) is 2. The van der Waals surface area contributed by atoms with Gasteiger partial charge in [0.1, 0.15) is 23.1 Å². The van der Waals surface area contributed by atoms with E-state index in [1.165, 1.54) is 12.1 Å². The average Bonchev–Trinajstić information content (AvgIpc) is 2.68. The van der Waals surface area contributed by atoms with Gasteiger partial charge in [0.15, 0.2) is 0 Å². The molecule has 0 radical (unpaired) electrons. The number of ether oxygens (including phenoxy) is 2. The summed E-state index contributed by atoms with van der Waals surface area (Å²) in [5, 5.41) is 0. The summed E-state index contributed by atoms with van der Waals surface area (Å²) in [6.07, 6.45) is 2.08. The van der Waals surface area contributed by atoms with E-state index in [0.717, 1.165) is 33.9 Å². The van der Waals surface area contributed by atoms with Crippen LogP contribution in [0.3, 0.4) is 0 Å². The fourth-order valence-corrected chi connectivity index (χ4v) is 3.08. The lowest BCUT2D eigenvalue weighted by Gasteiger charge is -2.25. The quantitative estimate of drug-likeness (QED) is 0.639. The Labute approximate surface area is 146 Å². The van der Waals surface area contributed by atoms with Gasteiger partial charge in [-0.15, -0.1) is 0 Å². The zero-order valence-electron chi connectivity index (χ0n) is 13.8. The van der Waals surface area contributed by atoms with Crippen LogP contribution >= 0.6 is 0 Å². The third kappa shape index (κ3) is 3.01. The molecular weight excluding hydrogens is 315 g/mol. The molecule has 4 rings (SSSR count). The molecule has 0 fully saturated rings. The van der Waals surface area contributed by atoms with Gasteiger partial charge in [-0.05, 0) is 54.1 Å². The van der Waals surface area contributed by atoms with E-state index in [9.17, 15) is 4.39 Å².